The highest BCUT2D eigenvalue weighted by molar-refractivity contribution is 6.18. The minimum Gasteiger partial charge on any atom is -0.308 e. The zero-order chi connectivity index (χ0) is 52.5. The van der Waals surface area contributed by atoms with Crippen LogP contribution < -0.4 is 0 Å². The van der Waals surface area contributed by atoms with E-state index in [4.69, 9.17) is 29.9 Å². The second-order valence-electron chi connectivity index (χ2n) is 19.3. The molecule has 0 amide bonds. The lowest BCUT2D eigenvalue weighted by Gasteiger charge is -2.18. The molecule has 3 aromatic heterocycles. The third kappa shape index (κ3) is 8.71. The number of aromatic nitrogens is 7. The van der Waals surface area contributed by atoms with Crippen molar-refractivity contribution in [2.45, 2.75) is 0 Å². The monoisotopic (exact) mass is 1010 g/mol. The van der Waals surface area contributed by atoms with E-state index in [1.165, 1.54) is 0 Å². The van der Waals surface area contributed by atoms with Crippen LogP contribution in [0.4, 0.5) is 0 Å². The van der Waals surface area contributed by atoms with Crippen LogP contribution in [0.25, 0.3) is 140 Å². The average Bonchev–Trinajstić information content (AvgIpc) is 4.16. The van der Waals surface area contributed by atoms with E-state index in [1.54, 1.807) is 0 Å². The van der Waals surface area contributed by atoms with E-state index < -0.39 is 0 Å². The Balaban J connectivity index is 0.967. The van der Waals surface area contributed by atoms with Gasteiger partial charge in [-0.25, -0.2) is 29.9 Å². The number of hydrogen-bond donors (Lipinski definition) is 0. The number of nitrogens with zero attached hydrogens (tertiary/aromatic N) is 7. The van der Waals surface area contributed by atoms with Crippen molar-refractivity contribution in [3.8, 4) is 119 Å². The molecule has 0 fully saturated rings. The summed E-state index contributed by atoms with van der Waals surface area (Å²) in [5.41, 5.74) is 17.3. The molecule has 0 atom stereocenters. The van der Waals surface area contributed by atoms with Gasteiger partial charge in [-0.15, -0.1) is 0 Å². The topological polar surface area (TPSA) is 82.3 Å². The molecule has 370 valence electrons. The Bertz CT molecular complexity index is 4140. The molecule has 0 bridgehead atoms. The lowest BCUT2D eigenvalue weighted by Crippen LogP contribution is -2.01. The third-order valence-corrected chi connectivity index (χ3v) is 14.6. The largest absolute Gasteiger partial charge is 0.308 e. The Morgan fingerprint density at radius 2 is 0.405 bits per heavy atom. The molecule has 7 heteroatoms. The third-order valence-electron chi connectivity index (χ3n) is 14.6. The first-order valence-electron chi connectivity index (χ1n) is 26.5. The van der Waals surface area contributed by atoms with Gasteiger partial charge >= 0.3 is 0 Å². The van der Waals surface area contributed by atoms with Gasteiger partial charge in [-0.3, -0.25) is 0 Å². The van der Waals surface area contributed by atoms with Gasteiger partial charge in [0.2, 0.25) is 0 Å². The fourth-order valence-corrected chi connectivity index (χ4v) is 11.0. The summed E-state index contributed by atoms with van der Waals surface area (Å²) >= 11 is 0. The molecule has 0 aliphatic rings. The summed E-state index contributed by atoms with van der Waals surface area (Å²) in [6, 6.07) is 99.1. The highest BCUT2D eigenvalue weighted by atomic mass is 15.0. The zero-order valence-corrected chi connectivity index (χ0v) is 42.8. The van der Waals surface area contributed by atoms with Gasteiger partial charge in [0, 0.05) is 61.0 Å². The van der Waals surface area contributed by atoms with Gasteiger partial charge in [0.05, 0.1) is 11.0 Å². The summed E-state index contributed by atoms with van der Waals surface area (Å²) in [4.78, 5) is 30.9. The van der Waals surface area contributed by atoms with E-state index in [1.807, 2.05) is 121 Å². The summed E-state index contributed by atoms with van der Waals surface area (Å²) in [6.45, 7) is 0. The maximum atomic E-state index is 5.21. The lowest BCUT2D eigenvalue weighted by molar-refractivity contribution is 1.07. The van der Waals surface area contributed by atoms with Gasteiger partial charge < -0.3 is 4.57 Å². The number of hydrogen-bond acceptors (Lipinski definition) is 6. The van der Waals surface area contributed by atoms with Gasteiger partial charge in [-0.2, -0.15) is 0 Å². The number of benzene rings is 11. The smallest absolute Gasteiger partial charge is 0.164 e. The van der Waals surface area contributed by atoms with E-state index in [0.29, 0.717) is 34.9 Å². The Kier molecular flexibility index (Phi) is 12.1. The van der Waals surface area contributed by atoms with E-state index in [9.17, 15) is 0 Å². The molecule has 7 nitrogen and oxygen atoms in total. The molecule has 0 saturated heterocycles. The highest BCUT2D eigenvalue weighted by Gasteiger charge is 2.25. The zero-order valence-electron chi connectivity index (χ0n) is 42.8. The van der Waals surface area contributed by atoms with Crippen LogP contribution in [-0.4, -0.2) is 34.5 Å². The van der Waals surface area contributed by atoms with Crippen LogP contribution in [0.5, 0.6) is 0 Å². The molecular weight excluding hydrogens is 963 g/mol. The fourth-order valence-electron chi connectivity index (χ4n) is 11.0. The standard InChI is InChI=1S/C72H47N7/c1-6-26-48(27-7-1)67-73-68(49-28-8-2-9-29-49)76-71(75-67)63-42-22-20-40-57(63)53-36-16-18-38-55(53)59-44-24-46-61-62-47-25-45-60(66(62)79(65(59)61)52-34-14-5-15-35-52)56-39-19-17-37-54(56)58-41-21-23-43-64(58)72-77-69(50-30-10-3-11-31-50)74-70(78-72)51-32-12-4-13-33-51/h1-47H. The molecule has 0 aliphatic carbocycles. The molecule has 14 rings (SSSR count). The van der Waals surface area contributed by atoms with E-state index in [-0.39, 0.29) is 0 Å². The summed E-state index contributed by atoms with van der Waals surface area (Å²) < 4.78 is 2.47. The van der Waals surface area contributed by atoms with Crippen molar-refractivity contribution in [2.24, 2.45) is 0 Å². The quantitative estimate of drug-likeness (QED) is 0.128. The van der Waals surface area contributed by atoms with Crippen LogP contribution in [0.2, 0.25) is 0 Å². The molecule has 79 heavy (non-hydrogen) atoms. The van der Waals surface area contributed by atoms with Gasteiger partial charge in [-0.05, 0) is 45.5 Å². The molecule has 11 aromatic carbocycles. The van der Waals surface area contributed by atoms with Crippen LogP contribution in [0.3, 0.4) is 0 Å². The molecule has 0 saturated carbocycles. The van der Waals surface area contributed by atoms with E-state index in [0.717, 1.165) is 105 Å². The van der Waals surface area contributed by atoms with Crippen molar-refractivity contribution in [2.75, 3.05) is 0 Å². The summed E-state index contributed by atoms with van der Waals surface area (Å²) in [5.74, 6) is 3.67. The van der Waals surface area contributed by atoms with Crippen LogP contribution >= 0.6 is 0 Å². The molecule has 0 N–H and O–H groups in total. The summed E-state index contributed by atoms with van der Waals surface area (Å²) in [5, 5.41) is 2.28. The maximum absolute atomic E-state index is 5.21. The first-order chi connectivity index (χ1) is 39.2. The van der Waals surface area contributed by atoms with Crippen molar-refractivity contribution < 1.29 is 0 Å². The highest BCUT2D eigenvalue weighted by Crippen LogP contribution is 2.47. The molecule has 0 radical (unpaired) electrons. The number of fused-ring (bicyclic) bond motifs is 3. The van der Waals surface area contributed by atoms with Crippen molar-refractivity contribution in [1.82, 2.24) is 34.5 Å². The normalized spacial score (nSPS) is 11.3. The average molecular weight is 1010 g/mol. The van der Waals surface area contributed by atoms with Crippen molar-refractivity contribution in [3.05, 3.63) is 285 Å². The van der Waals surface area contributed by atoms with Crippen molar-refractivity contribution in [1.29, 1.82) is 0 Å². The minimum atomic E-state index is 0.600. The minimum absolute atomic E-state index is 0.600. The molecule has 0 unspecified atom stereocenters. The van der Waals surface area contributed by atoms with Gasteiger partial charge in [-0.1, -0.05) is 273 Å². The number of para-hydroxylation sites is 3. The molecule has 3 heterocycles. The Morgan fingerprint density at radius 1 is 0.177 bits per heavy atom. The van der Waals surface area contributed by atoms with Crippen LogP contribution in [0.15, 0.2) is 285 Å². The first-order valence-corrected chi connectivity index (χ1v) is 26.5. The summed E-state index contributed by atoms with van der Waals surface area (Å²) in [7, 11) is 0. The first kappa shape index (κ1) is 46.7. The van der Waals surface area contributed by atoms with Crippen molar-refractivity contribution in [3.63, 3.8) is 0 Å². The second-order valence-corrected chi connectivity index (χ2v) is 19.3. The van der Waals surface area contributed by atoms with Gasteiger partial charge in [0.1, 0.15) is 0 Å². The van der Waals surface area contributed by atoms with E-state index in [2.05, 4.69) is 168 Å². The molecule has 14 aromatic rings. The Morgan fingerprint density at radius 3 is 0.722 bits per heavy atom. The van der Waals surface area contributed by atoms with Crippen LogP contribution in [0, 0.1) is 0 Å². The summed E-state index contributed by atoms with van der Waals surface area (Å²) in [6.07, 6.45) is 0. The Labute approximate surface area is 457 Å². The van der Waals surface area contributed by atoms with Gasteiger partial charge in [0.15, 0.2) is 34.9 Å². The van der Waals surface area contributed by atoms with Crippen molar-refractivity contribution >= 4 is 21.8 Å². The molecular formula is C72H47N7. The van der Waals surface area contributed by atoms with Crippen LogP contribution in [-0.2, 0) is 0 Å². The second kappa shape index (κ2) is 20.4. The number of rotatable bonds is 11. The molecule has 0 spiro atoms. The lowest BCUT2D eigenvalue weighted by atomic mass is 9.90. The van der Waals surface area contributed by atoms with Crippen LogP contribution in [0.1, 0.15) is 0 Å². The SMILES string of the molecule is c1ccc(-c2nc(-c3ccccc3)nc(-c3ccccc3-c3ccccc3-c3cccc4c5cccc(-c6ccccc6-c6ccccc6-c6nc(-c7ccccc7)nc(-c7ccccc7)n6)c5n(-c5ccccc5)c34)n2)cc1. The fraction of sp³-hybridized carbons (Fsp3) is 0. The van der Waals surface area contributed by atoms with Gasteiger partial charge in [0.25, 0.3) is 0 Å². The predicted octanol–water partition coefficient (Wildman–Crippen LogP) is 17.8. The van der Waals surface area contributed by atoms with E-state index >= 15 is 0 Å². The molecule has 0 aliphatic heterocycles. The predicted molar refractivity (Wildman–Crippen MR) is 322 cm³/mol. The Hall–Kier alpha value is -10.8. The maximum Gasteiger partial charge on any atom is 0.164 e.